The number of carbonyl (C=O) groups excluding carboxylic acids is 18. The zero-order chi connectivity index (χ0) is 109. The van der Waals surface area contributed by atoms with E-state index < -0.39 is 29.3 Å². The Morgan fingerprint density at radius 3 is 0.774 bits per heavy atom. The Morgan fingerprint density at radius 1 is 0.285 bits per heavy atom. The molecule has 31 heteroatoms. The molecule has 0 aromatic heterocycles. The average molecular weight is 1970 g/mol. The molecule has 0 saturated heterocycles. The van der Waals surface area contributed by atoms with Crippen LogP contribution in [-0.2, 0) is 143 Å². The van der Waals surface area contributed by atoms with E-state index in [-0.39, 0.29) is 282 Å². The largest absolute Gasteiger partial charge is 0.469 e. The van der Waals surface area contributed by atoms with Crippen LogP contribution in [0.4, 0.5) is 0 Å². The van der Waals surface area contributed by atoms with Crippen molar-refractivity contribution < 1.29 is 143 Å². The van der Waals surface area contributed by atoms with Gasteiger partial charge in [-0.3, -0.25) is 86.3 Å². The molecule has 0 bridgehead atoms. The van der Waals surface area contributed by atoms with E-state index >= 15 is 0 Å². The predicted octanol–water partition coefficient (Wildman–Crippen LogP) is 18.7. The second-order valence-corrected chi connectivity index (χ2v) is 39.7. The molecule has 0 fully saturated rings. The number of benzene rings is 1. The third kappa shape index (κ3) is 64.6. The lowest BCUT2D eigenvalue weighted by molar-refractivity contribution is -0.151. The van der Waals surface area contributed by atoms with Gasteiger partial charge in [-0.25, -0.2) is 0 Å². The third-order valence-electron chi connectivity index (χ3n) is 23.5. The normalized spacial score (nSPS) is 13.8. The Bertz CT molecular complexity index is 3460. The molecule has 0 amide bonds. The van der Waals surface area contributed by atoms with Gasteiger partial charge in [0.1, 0.15) is 52.0 Å². The minimum absolute atomic E-state index is 0.0125. The van der Waals surface area contributed by atoms with Crippen LogP contribution in [0.15, 0.2) is 30.3 Å². The van der Waals surface area contributed by atoms with Crippen molar-refractivity contribution in [3.63, 3.8) is 0 Å². The zero-order valence-corrected chi connectivity index (χ0v) is 93.3. The number of thioether (sulfide) groups is 1. The lowest BCUT2D eigenvalue weighted by Crippen LogP contribution is -2.42. The lowest BCUT2D eigenvalue weighted by atomic mass is 9.74. The molecular formula is C106H186O30S. The topological polar surface area (TPSA) is 418 Å². The Labute approximate surface area is 828 Å². The molecule has 0 unspecified atom stereocenters. The number of rotatable bonds is 51. The van der Waals surface area contributed by atoms with Gasteiger partial charge >= 0.3 is 53.7 Å². The van der Waals surface area contributed by atoms with Crippen LogP contribution in [0.2, 0.25) is 0 Å². The first-order valence-corrected chi connectivity index (χ1v) is 49.2. The molecule has 0 aliphatic carbocycles. The van der Waals surface area contributed by atoms with Gasteiger partial charge in [-0.2, -0.15) is 11.8 Å². The van der Waals surface area contributed by atoms with Gasteiger partial charge in [0.2, 0.25) is 0 Å². The molecular weight excluding hydrogens is 1790 g/mol. The fraction of sp³-hybridized carbons (Fsp3) is 0.774. The lowest BCUT2D eigenvalue weighted by Gasteiger charge is -2.32. The van der Waals surface area contributed by atoms with Crippen LogP contribution in [0.3, 0.4) is 0 Å². The molecule has 1 rings (SSSR count). The highest BCUT2D eigenvalue weighted by atomic mass is 32.2. The second-order valence-electron chi connectivity index (χ2n) is 38.7. The molecule has 1 aromatic rings. The molecule has 0 aliphatic rings. The third-order valence-corrected chi connectivity index (χ3v) is 24.2. The van der Waals surface area contributed by atoms with E-state index in [1.807, 2.05) is 224 Å². The maximum Gasteiger partial charge on any atom is 0.306 e. The summed E-state index contributed by atoms with van der Waals surface area (Å²) in [6, 6.07) is 9.36. The number of ether oxygens (including phenoxy) is 12. The first-order chi connectivity index (χ1) is 63.2. The minimum Gasteiger partial charge on any atom is -0.469 e. The quantitative estimate of drug-likeness (QED) is 0.0432. The van der Waals surface area contributed by atoms with Gasteiger partial charge in [0.05, 0.1) is 163 Å². The van der Waals surface area contributed by atoms with Crippen molar-refractivity contribution in [3.8, 4) is 0 Å². The fourth-order valence-corrected chi connectivity index (χ4v) is 13.7. The highest BCUT2D eigenvalue weighted by Gasteiger charge is 2.40. The summed E-state index contributed by atoms with van der Waals surface area (Å²) in [6.45, 7) is 58.3. The highest BCUT2D eigenvalue weighted by molar-refractivity contribution is 7.98. The molecule has 0 spiro atoms. The molecule has 796 valence electrons. The number of ketones is 9. The number of hydrogen-bond donors (Lipinski definition) is 0. The van der Waals surface area contributed by atoms with Crippen LogP contribution in [-0.4, -0.2) is 221 Å². The standard InChI is InChI=1S/C14H18O3.C12H22O4.3C12H22O3.2C11H20O4.C11H20O3S.C11H20O3/c1-10(2)14(16)12(9-13(15)17-3)11-7-5-4-6-8-11;1-8(2)11(14)9(7-10(13)15-5)12(3,4)16-6;1-8(2)11(14)9(12(3,4)5)7-10(13)15-6;2*1-6-9(4)10(7-11(13)15-5)12(14)8(2)3;2*1-7(2)11(13)9(8(3)14-4)6-10(12)15-5;1-8(2)11(13)9(5-6-15-4)7-10(12)14-3;1-7(2)9(6-10(12)14-5)11(13)8(3)4/h4-8,10,12H,9H2,1-3H3;8-9H,7H2,1-6H3;8-9H,7H2,1-6H3;2*8-10H,6-7H2,1-5H3;2*7-9H,6H2,1-5H3;8-9H,5-7H2,1-4H3;7-9H,6H2,1-5H3/t12-;2*9-;9-,10+;9-,10-;8-,9+;8-,9-;2*9-/m011101010/s1. The monoisotopic (exact) mass is 1970 g/mol. The van der Waals surface area contributed by atoms with E-state index in [9.17, 15) is 86.3 Å². The van der Waals surface area contributed by atoms with Gasteiger partial charge < -0.3 is 56.8 Å². The second kappa shape index (κ2) is 79.4. The zero-order valence-electron chi connectivity index (χ0n) is 92.5. The first kappa shape index (κ1) is 144. The number of Topliss-reactive ketones (excluding diaryl/α,β-unsaturated/α-hetero) is 9. The van der Waals surface area contributed by atoms with Gasteiger partial charge in [0.15, 0.2) is 0 Å². The van der Waals surface area contributed by atoms with E-state index in [1.54, 1.807) is 39.5 Å². The van der Waals surface area contributed by atoms with Crippen LogP contribution in [0, 0.1) is 124 Å². The maximum absolute atomic E-state index is 12.1. The summed E-state index contributed by atoms with van der Waals surface area (Å²) in [5, 5.41) is 0. The summed E-state index contributed by atoms with van der Waals surface area (Å²) in [4.78, 5) is 208. The Balaban J connectivity index is -0.000000228. The first-order valence-electron chi connectivity index (χ1n) is 47.8. The van der Waals surface area contributed by atoms with Gasteiger partial charge in [-0.1, -0.05) is 230 Å². The highest BCUT2D eigenvalue weighted by Crippen LogP contribution is 2.34. The van der Waals surface area contributed by atoms with E-state index in [4.69, 9.17) is 14.2 Å². The van der Waals surface area contributed by atoms with Crippen molar-refractivity contribution in [2.24, 2.45) is 124 Å². The molecule has 137 heavy (non-hydrogen) atoms. The summed E-state index contributed by atoms with van der Waals surface area (Å²) >= 11 is 1.69. The van der Waals surface area contributed by atoms with E-state index in [0.717, 1.165) is 30.6 Å². The van der Waals surface area contributed by atoms with E-state index in [1.165, 1.54) is 85.3 Å². The molecule has 1 aromatic carbocycles. The van der Waals surface area contributed by atoms with Crippen molar-refractivity contribution in [1.29, 1.82) is 0 Å². The average Bonchev–Trinajstić information content (AvgIpc) is 0.835. The summed E-state index contributed by atoms with van der Waals surface area (Å²) in [5.41, 5.74) is 0.0158. The Hall–Kier alpha value is -8.29. The van der Waals surface area contributed by atoms with Crippen molar-refractivity contribution in [1.82, 2.24) is 0 Å². The number of esters is 9. The summed E-state index contributed by atoms with van der Waals surface area (Å²) < 4.78 is 56.9. The summed E-state index contributed by atoms with van der Waals surface area (Å²) in [6.07, 6.45) is 5.39. The van der Waals surface area contributed by atoms with Crippen molar-refractivity contribution in [2.75, 3.05) is 97.3 Å². The van der Waals surface area contributed by atoms with Crippen LogP contribution in [0.25, 0.3) is 0 Å². The smallest absolute Gasteiger partial charge is 0.306 e. The summed E-state index contributed by atoms with van der Waals surface area (Å²) in [5.74, 6) is -3.77. The Morgan fingerprint density at radius 2 is 0.526 bits per heavy atom. The maximum atomic E-state index is 12.1. The predicted molar refractivity (Wildman–Crippen MR) is 536 cm³/mol. The SMILES string of the molecule is CC[C@@H](C)[C@H](CC(=O)OC)C(=O)C(C)C.CC[C@H](C)[C@H](CC(=O)OC)C(=O)C(C)C.COC(=O)C[C@@H](CCSC)C(=O)C(C)C.COC(=O)C[C@H](C(=O)C(C)C)C(C)(C)C.COC(=O)C[C@H](C(=O)C(C)C)C(C)(C)OC.COC(=O)C[C@H](C(=O)C(C)C)C(C)C.COC(=O)C[C@H](C(=O)C(C)C)[C@@H](C)OC.COC(=O)C[C@H](C(=O)C(C)C)[C@H](C)OC.COC(=O)C[C@H](C(=O)C(C)C)c1ccccc1. The van der Waals surface area contributed by atoms with E-state index in [0.29, 0.717) is 0 Å². The number of carbonyl (C=O) groups is 18. The Kier molecular flexibility index (Phi) is 83.5. The van der Waals surface area contributed by atoms with Gasteiger partial charge in [0.25, 0.3) is 0 Å². The number of methoxy groups -OCH3 is 12. The summed E-state index contributed by atoms with van der Waals surface area (Å²) in [7, 11) is 16.7. The van der Waals surface area contributed by atoms with Crippen LogP contribution < -0.4 is 0 Å². The van der Waals surface area contributed by atoms with Crippen LogP contribution in [0.5, 0.6) is 0 Å². The van der Waals surface area contributed by atoms with Crippen molar-refractivity contribution >= 4 is 118 Å². The number of hydrogen-bond acceptors (Lipinski definition) is 31. The molecule has 0 N–H and O–H groups in total. The minimum atomic E-state index is -0.657. The van der Waals surface area contributed by atoms with Gasteiger partial charge in [0, 0.05) is 104 Å². The van der Waals surface area contributed by atoms with Crippen LogP contribution in [0.1, 0.15) is 303 Å². The fourth-order valence-electron chi connectivity index (χ4n) is 13.2. The molecule has 13 atom stereocenters. The molecule has 0 saturated carbocycles. The molecule has 30 nitrogen and oxygen atoms in total. The molecule has 0 radical (unpaired) electrons. The van der Waals surface area contributed by atoms with Crippen LogP contribution >= 0.6 is 11.8 Å². The van der Waals surface area contributed by atoms with E-state index in [2.05, 4.69) is 42.6 Å². The van der Waals surface area contributed by atoms with Crippen molar-refractivity contribution in [3.05, 3.63) is 35.9 Å². The van der Waals surface area contributed by atoms with Gasteiger partial charge in [-0.05, 0) is 74.9 Å². The molecule has 0 aliphatic heterocycles. The molecule has 0 heterocycles. The van der Waals surface area contributed by atoms with Gasteiger partial charge in [-0.15, -0.1) is 0 Å². The van der Waals surface area contributed by atoms with Crippen molar-refractivity contribution in [2.45, 2.75) is 315 Å².